The van der Waals surface area contributed by atoms with Crippen molar-refractivity contribution in [3.63, 3.8) is 0 Å². The van der Waals surface area contributed by atoms with E-state index in [-0.39, 0.29) is 0 Å². The molecule has 0 radical (unpaired) electrons. The highest BCUT2D eigenvalue weighted by Crippen LogP contribution is 2.34. The minimum absolute atomic E-state index is 0.474. The fourth-order valence-electron chi connectivity index (χ4n) is 2.52. The van der Waals surface area contributed by atoms with Crippen molar-refractivity contribution >= 4 is 17.3 Å². The fraction of sp³-hybridized carbons (Fsp3) is 0.647. The van der Waals surface area contributed by atoms with Crippen LogP contribution in [0.5, 0.6) is 0 Å². The van der Waals surface area contributed by atoms with Crippen LogP contribution in [-0.2, 0) is 6.54 Å². The van der Waals surface area contributed by atoms with Crippen molar-refractivity contribution in [1.82, 2.24) is 5.32 Å². The molecule has 1 aliphatic rings. The Kier molecular flexibility index (Phi) is 5.74. The molecular weight excluding hydrogens is 268 g/mol. The third-order valence-electron chi connectivity index (χ3n) is 3.79. The van der Waals surface area contributed by atoms with Gasteiger partial charge in [0.2, 0.25) is 0 Å². The first-order chi connectivity index (χ1) is 9.61. The van der Waals surface area contributed by atoms with Crippen LogP contribution < -0.4 is 10.2 Å². The van der Waals surface area contributed by atoms with Crippen molar-refractivity contribution < 1.29 is 0 Å². The molecule has 0 heterocycles. The third-order valence-corrected chi connectivity index (χ3v) is 4.15. The molecule has 1 saturated carbocycles. The molecule has 2 nitrogen and oxygen atoms in total. The maximum atomic E-state index is 6.44. The molecule has 1 aliphatic carbocycles. The number of hydrogen-bond donors (Lipinski definition) is 1. The van der Waals surface area contributed by atoms with Gasteiger partial charge in [-0.1, -0.05) is 38.4 Å². The Morgan fingerprint density at radius 3 is 2.70 bits per heavy atom. The van der Waals surface area contributed by atoms with Crippen molar-refractivity contribution in [3.8, 4) is 0 Å². The zero-order valence-corrected chi connectivity index (χ0v) is 13.7. The molecule has 1 aromatic rings. The van der Waals surface area contributed by atoms with E-state index in [0.717, 1.165) is 24.0 Å². The van der Waals surface area contributed by atoms with Crippen LogP contribution in [0.2, 0.25) is 5.02 Å². The minimum Gasteiger partial charge on any atom is -0.371 e. The number of halogens is 1. The number of nitrogens with zero attached hydrogens (tertiary/aromatic N) is 1. The maximum absolute atomic E-state index is 6.44. The Morgan fingerprint density at radius 1 is 1.35 bits per heavy atom. The van der Waals surface area contributed by atoms with E-state index in [2.05, 4.69) is 43.1 Å². The van der Waals surface area contributed by atoms with Crippen LogP contribution in [0.4, 0.5) is 5.69 Å². The second kappa shape index (κ2) is 7.33. The lowest BCUT2D eigenvalue weighted by molar-refractivity contribution is 0.586. The molecule has 2 rings (SSSR count). The van der Waals surface area contributed by atoms with E-state index in [1.54, 1.807) is 0 Å². The molecule has 0 amide bonds. The summed E-state index contributed by atoms with van der Waals surface area (Å²) in [5.41, 5.74) is 2.57. The predicted molar refractivity (Wildman–Crippen MR) is 88.7 cm³/mol. The molecule has 0 saturated heterocycles. The Morgan fingerprint density at radius 2 is 2.10 bits per heavy atom. The lowest BCUT2D eigenvalue weighted by Crippen LogP contribution is -2.29. The van der Waals surface area contributed by atoms with Crippen LogP contribution in [0.1, 0.15) is 45.6 Å². The van der Waals surface area contributed by atoms with Gasteiger partial charge in [0.15, 0.2) is 0 Å². The Bertz CT molecular complexity index is 427. The molecule has 1 fully saturated rings. The Balaban J connectivity index is 2.19. The van der Waals surface area contributed by atoms with Crippen LogP contribution in [0.15, 0.2) is 18.2 Å². The fourth-order valence-corrected chi connectivity index (χ4v) is 2.75. The monoisotopic (exact) mass is 294 g/mol. The summed E-state index contributed by atoms with van der Waals surface area (Å²) in [7, 11) is 0. The summed E-state index contributed by atoms with van der Waals surface area (Å²) in [6.45, 7) is 9.73. The molecule has 0 atom stereocenters. The highest BCUT2D eigenvalue weighted by atomic mass is 35.5. The first-order valence-corrected chi connectivity index (χ1v) is 8.25. The van der Waals surface area contributed by atoms with Crippen LogP contribution in [0, 0.1) is 5.92 Å². The molecule has 0 aromatic heterocycles. The van der Waals surface area contributed by atoms with Gasteiger partial charge in [0.1, 0.15) is 0 Å². The Labute approximate surface area is 128 Å². The maximum Gasteiger partial charge on any atom is 0.0471 e. The third kappa shape index (κ3) is 4.39. The molecule has 20 heavy (non-hydrogen) atoms. The molecule has 3 heteroatoms. The smallest absolute Gasteiger partial charge is 0.0471 e. The van der Waals surface area contributed by atoms with E-state index in [4.69, 9.17) is 11.6 Å². The van der Waals surface area contributed by atoms with Gasteiger partial charge in [-0.05, 0) is 37.3 Å². The van der Waals surface area contributed by atoms with Gasteiger partial charge in [0.05, 0.1) is 0 Å². The topological polar surface area (TPSA) is 15.3 Å². The second-order valence-electron chi connectivity index (χ2n) is 6.16. The average Bonchev–Trinajstić information content (AvgIpc) is 3.20. The number of hydrogen-bond acceptors (Lipinski definition) is 2. The van der Waals surface area contributed by atoms with Gasteiger partial charge in [0, 0.05) is 41.9 Å². The molecule has 112 valence electrons. The Hall–Kier alpha value is -0.730. The molecule has 1 aromatic carbocycles. The van der Waals surface area contributed by atoms with Gasteiger partial charge in [-0.2, -0.15) is 0 Å². The molecule has 0 unspecified atom stereocenters. The standard InChI is InChI=1S/C17H27ClN2/c1-4-10-20(12-14-8-9-14)17-7-5-6-16(18)15(17)11-19-13(2)3/h5-7,13-14,19H,4,8-12H2,1-3H3. The van der Waals surface area contributed by atoms with E-state index in [0.29, 0.717) is 6.04 Å². The highest BCUT2D eigenvalue weighted by Gasteiger charge is 2.25. The van der Waals surface area contributed by atoms with E-state index in [1.165, 1.54) is 37.1 Å². The molecule has 1 N–H and O–H groups in total. The predicted octanol–water partition coefficient (Wildman–Crippen LogP) is 4.46. The van der Waals surface area contributed by atoms with Crippen LogP contribution in [0.25, 0.3) is 0 Å². The summed E-state index contributed by atoms with van der Waals surface area (Å²) in [4.78, 5) is 2.53. The lowest BCUT2D eigenvalue weighted by atomic mass is 10.1. The van der Waals surface area contributed by atoms with Gasteiger partial charge < -0.3 is 10.2 Å². The molecular formula is C17H27ClN2. The number of anilines is 1. The summed E-state index contributed by atoms with van der Waals surface area (Å²) in [6, 6.07) is 6.78. The zero-order chi connectivity index (χ0) is 14.5. The largest absolute Gasteiger partial charge is 0.371 e. The number of rotatable bonds is 8. The van der Waals surface area contributed by atoms with E-state index >= 15 is 0 Å². The van der Waals surface area contributed by atoms with Crippen molar-refractivity contribution in [1.29, 1.82) is 0 Å². The second-order valence-corrected chi connectivity index (χ2v) is 6.57. The number of benzene rings is 1. The van der Waals surface area contributed by atoms with Crippen LogP contribution in [0.3, 0.4) is 0 Å². The van der Waals surface area contributed by atoms with E-state index in [1.807, 2.05) is 6.07 Å². The summed E-state index contributed by atoms with van der Waals surface area (Å²) in [5, 5.41) is 4.38. The molecule has 0 bridgehead atoms. The summed E-state index contributed by atoms with van der Waals surface area (Å²) in [5.74, 6) is 0.895. The zero-order valence-electron chi connectivity index (χ0n) is 13.0. The van der Waals surface area contributed by atoms with Crippen molar-refractivity contribution in [3.05, 3.63) is 28.8 Å². The van der Waals surface area contributed by atoms with E-state index in [9.17, 15) is 0 Å². The summed E-state index contributed by atoms with van der Waals surface area (Å²) >= 11 is 6.44. The van der Waals surface area contributed by atoms with Gasteiger partial charge in [0.25, 0.3) is 0 Å². The van der Waals surface area contributed by atoms with Crippen LogP contribution >= 0.6 is 11.6 Å². The quantitative estimate of drug-likeness (QED) is 0.761. The lowest BCUT2D eigenvalue weighted by Gasteiger charge is -2.28. The number of nitrogens with one attached hydrogen (secondary N) is 1. The molecule has 0 aliphatic heterocycles. The molecule has 0 spiro atoms. The van der Waals surface area contributed by atoms with Gasteiger partial charge >= 0.3 is 0 Å². The average molecular weight is 295 g/mol. The van der Waals surface area contributed by atoms with Gasteiger partial charge in [-0.25, -0.2) is 0 Å². The minimum atomic E-state index is 0.474. The van der Waals surface area contributed by atoms with Crippen molar-refractivity contribution in [2.75, 3.05) is 18.0 Å². The van der Waals surface area contributed by atoms with Crippen molar-refractivity contribution in [2.24, 2.45) is 5.92 Å². The first-order valence-electron chi connectivity index (χ1n) is 7.87. The SMILES string of the molecule is CCCN(CC1CC1)c1cccc(Cl)c1CNC(C)C. The van der Waals surface area contributed by atoms with E-state index < -0.39 is 0 Å². The van der Waals surface area contributed by atoms with Gasteiger partial charge in [-0.3, -0.25) is 0 Å². The van der Waals surface area contributed by atoms with Crippen molar-refractivity contribution in [2.45, 2.75) is 52.6 Å². The van der Waals surface area contributed by atoms with Crippen LogP contribution in [-0.4, -0.2) is 19.1 Å². The first kappa shape index (κ1) is 15.7. The normalized spacial score (nSPS) is 14.8. The highest BCUT2D eigenvalue weighted by molar-refractivity contribution is 6.31. The summed E-state index contributed by atoms with van der Waals surface area (Å²) < 4.78 is 0. The van der Waals surface area contributed by atoms with Gasteiger partial charge in [-0.15, -0.1) is 0 Å². The summed E-state index contributed by atoms with van der Waals surface area (Å²) in [6.07, 6.45) is 3.96.